The predicted molar refractivity (Wildman–Crippen MR) is 209 cm³/mol. The lowest BCUT2D eigenvalue weighted by Gasteiger charge is -2.23. The molecule has 286 valence electrons. The zero-order valence-electron chi connectivity index (χ0n) is 29.9. The Kier molecular flexibility index (Phi) is 10.7. The van der Waals surface area contributed by atoms with Crippen molar-refractivity contribution in [2.24, 2.45) is 0 Å². The van der Waals surface area contributed by atoms with E-state index in [9.17, 15) is 24.4 Å². The van der Waals surface area contributed by atoms with Crippen LogP contribution in [-0.2, 0) is 13.6 Å². The van der Waals surface area contributed by atoms with Crippen molar-refractivity contribution in [3.63, 3.8) is 0 Å². The molecule has 0 radical (unpaired) electrons. The molecular weight excluding hydrogens is 763 g/mol. The fourth-order valence-electron chi connectivity index (χ4n) is 5.87. The van der Waals surface area contributed by atoms with E-state index >= 15 is 0 Å². The number of amides is 2. The summed E-state index contributed by atoms with van der Waals surface area (Å²) in [7, 11) is -3.64. The number of carbonyl (C=O) groups is 2. The van der Waals surface area contributed by atoms with Crippen LogP contribution in [0.4, 0.5) is 0 Å². The van der Waals surface area contributed by atoms with Crippen LogP contribution in [0.3, 0.4) is 0 Å². The highest BCUT2D eigenvalue weighted by Gasteiger charge is 2.27. The lowest BCUT2D eigenvalue weighted by molar-refractivity contribution is 0.0691. The summed E-state index contributed by atoms with van der Waals surface area (Å²) in [5.74, 6) is -2.96. The first-order chi connectivity index (χ1) is 28.3. The third-order valence-corrected chi connectivity index (χ3v) is 9.59. The number of benzene rings is 4. The molecule has 2 unspecified atom stereocenters. The van der Waals surface area contributed by atoms with Gasteiger partial charge in [-0.25, -0.2) is 9.97 Å². The predicted octanol–water partition coefficient (Wildman–Crippen LogP) is 5.88. The molecule has 4 heterocycles. The van der Waals surface area contributed by atoms with Gasteiger partial charge in [0, 0.05) is 35.9 Å². The molecule has 17 nitrogen and oxygen atoms in total. The average Bonchev–Trinajstić information content (AvgIpc) is 3.26. The minimum Gasteiger partial charge on any atom is -0.493 e. The summed E-state index contributed by atoms with van der Waals surface area (Å²) in [6, 6.07) is 31.7. The molecule has 0 bridgehead atoms. The molecule has 0 saturated heterocycles. The van der Waals surface area contributed by atoms with Gasteiger partial charge >= 0.3 is 8.25 Å². The van der Waals surface area contributed by atoms with Gasteiger partial charge < -0.3 is 20.8 Å². The fourth-order valence-corrected chi connectivity index (χ4v) is 6.70. The fraction of sp³-hybridized carbons (Fsp3) is 0.0500. The van der Waals surface area contributed by atoms with Crippen LogP contribution in [0.2, 0.25) is 0 Å². The lowest BCUT2D eigenvalue weighted by atomic mass is 10.1. The normalized spacial score (nSPS) is 12.8. The van der Waals surface area contributed by atoms with Crippen LogP contribution in [0, 0.1) is 0 Å². The number of nitrogens with zero attached hydrogens (tertiary/aromatic N) is 8. The lowest BCUT2D eigenvalue weighted by Crippen LogP contribution is -2.31. The second kappa shape index (κ2) is 16.6. The summed E-state index contributed by atoms with van der Waals surface area (Å²) < 4.78 is 25.9. The molecule has 0 spiro atoms. The monoisotopic (exact) mass is 792 g/mol. The van der Waals surface area contributed by atoms with Crippen molar-refractivity contribution >= 4 is 41.6 Å². The van der Waals surface area contributed by atoms with Crippen molar-refractivity contribution in [2.45, 2.75) is 12.5 Å². The Balaban J connectivity index is 1.08. The van der Waals surface area contributed by atoms with Crippen molar-refractivity contribution in [2.75, 3.05) is 0 Å². The highest BCUT2D eigenvalue weighted by Crippen LogP contribution is 2.38. The van der Waals surface area contributed by atoms with Crippen LogP contribution < -0.4 is 10.6 Å². The molecule has 0 aliphatic carbocycles. The Morgan fingerprint density at radius 2 is 1.00 bits per heavy atom. The molecule has 2 atom stereocenters. The highest BCUT2D eigenvalue weighted by molar-refractivity contribution is 7.33. The van der Waals surface area contributed by atoms with E-state index < -0.39 is 44.3 Å². The van der Waals surface area contributed by atoms with E-state index in [0.29, 0.717) is 11.1 Å². The Morgan fingerprint density at radius 3 is 1.40 bits per heavy atom. The van der Waals surface area contributed by atoms with E-state index in [1.807, 2.05) is 48.5 Å². The van der Waals surface area contributed by atoms with Crippen LogP contribution in [0.25, 0.3) is 44.6 Å². The van der Waals surface area contributed by atoms with Crippen LogP contribution in [0.5, 0.6) is 11.8 Å². The quantitative estimate of drug-likeness (QED) is 0.0835. The zero-order chi connectivity index (χ0) is 40.0. The number of fused-ring (bicyclic) bond motifs is 2. The SMILES string of the molecule is O=C(NC(O[PH](=O)OC(NC(=O)c1cnc(-c2cccnn2)nc1O)c1ccc2ccccc2c1)c1ccc2ccccc2c1)c1cnc(-c2cccnn2)nc1O. The number of aromatic nitrogens is 8. The summed E-state index contributed by atoms with van der Waals surface area (Å²) in [6.07, 6.45) is 2.33. The minimum atomic E-state index is -3.64. The van der Waals surface area contributed by atoms with E-state index in [1.54, 1.807) is 60.7 Å². The highest BCUT2D eigenvalue weighted by atomic mass is 31.1. The summed E-state index contributed by atoms with van der Waals surface area (Å²) in [5, 5.41) is 45.6. The Hall–Kier alpha value is -7.59. The number of rotatable bonds is 12. The van der Waals surface area contributed by atoms with E-state index in [0.717, 1.165) is 33.9 Å². The van der Waals surface area contributed by atoms with E-state index in [2.05, 4.69) is 51.0 Å². The third kappa shape index (κ3) is 8.31. The molecular formula is C40H29N10O7P. The molecule has 4 aromatic carbocycles. The number of nitrogens with one attached hydrogen (secondary N) is 2. The Labute approximate surface area is 328 Å². The van der Waals surface area contributed by atoms with Crippen molar-refractivity contribution in [1.82, 2.24) is 51.0 Å². The molecule has 4 aromatic heterocycles. The van der Waals surface area contributed by atoms with E-state index in [-0.39, 0.29) is 34.2 Å². The van der Waals surface area contributed by atoms with Crippen LogP contribution in [-0.4, -0.2) is 62.4 Å². The van der Waals surface area contributed by atoms with Gasteiger partial charge in [-0.1, -0.05) is 72.8 Å². The number of hydrogen-bond donors (Lipinski definition) is 4. The maximum atomic E-state index is 14.0. The van der Waals surface area contributed by atoms with Crippen molar-refractivity contribution in [3.05, 3.63) is 156 Å². The molecule has 8 aromatic rings. The molecule has 0 aliphatic heterocycles. The second-order valence-corrected chi connectivity index (χ2v) is 13.5. The molecule has 4 N–H and O–H groups in total. The number of hydrogen-bond acceptors (Lipinski definition) is 15. The molecule has 0 saturated carbocycles. The number of aromatic hydroxyl groups is 2. The first-order valence-corrected chi connectivity index (χ1v) is 18.7. The molecule has 2 amide bonds. The first-order valence-electron chi connectivity index (χ1n) is 17.4. The van der Waals surface area contributed by atoms with Gasteiger partial charge in [-0.05, 0) is 57.9 Å². The smallest absolute Gasteiger partial charge is 0.323 e. The summed E-state index contributed by atoms with van der Waals surface area (Å²) in [6.45, 7) is 0. The maximum absolute atomic E-state index is 14.0. The Bertz CT molecular complexity index is 2630. The molecule has 18 heteroatoms. The maximum Gasteiger partial charge on any atom is 0.323 e. The van der Waals surface area contributed by atoms with Crippen LogP contribution in [0.15, 0.2) is 134 Å². The van der Waals surface area contributed by atoms with Crippen molar-refractivity contribution in [1.29, 1.82) is 0 Å². The molecule has 0 fully saturated rings. The first kappa shape index (κ1) is 37.3. The molecule has 8 rings (SSSR count). The third-order valence-electron chi connectivity index (χ3n) is 8.73. The van der Waals surface area contributed by atoms with Gasteiger partial charge in [0.1, 0.15) is 22.5 Å². The second-order valence-electron chi connectivity index (χ2n) is 12.5. The van der Waals surface area contributed by atoms with Gasteiger partial charge in [-0.3, -0.25) is 23.2 Å². The number of carbonyl (C=O) groups excluding carboxylic acids is 2. The topological polar surface area (TPSA) is 237 Å². The minimum absolute atomic E-state index is 0.0334. The standard InChI is InChI=1S/C40H29N10O7P/c51-35-29(21-41-33(45-35)31-11-5-17-43-49-31)37(53)47-39(27-15-13-23-7-1-3-9-25(23)19-27)56-58(55)57-40(28-16-14-24-8-2-4-10-26(24)20-28)48-38(54)30-22-42-34(46-36(30)52)32-12-6-18-44-50-32/h1-22,39-40,58H,(H,47,53)(H,48,54)(H,41,45,51)(H,42,46,52). The largest absolute Gasteiger partial charge is 0.493 e. The molecule has 58 heavy (non-hydrogen) atoms. The van der Waals surface area contributed by atoms with Gasteiger partial charge in [0.15, 0.2) is 24.1 Å². The van der Waals surface area contributed by atoms with Crippen LogP contribution >= 0.6 is 8.25 Å². The van der Waals surface area contributed by atoms with Gasteiger partial charge in [0.25, 0.3) is 11.8 Å². The summed E-state index contributed by atoms with van der Waals surface area (Å²) in [5.41, 5.74) is 0.678. The Morgan fingerprint density at radius 1 is 0.569 bits per heavy atom. The van der Waals surface area contributed by atoms with Crippen molar-refractivity contribution in [3.8, 4) is 34.8 Å². The van der Waals surface area contributed by atoms with Gasteiger partial charge in [-0.15, -0.1) is 10.2 Å². The molecule has 0 aliphatic rings. The van der Waals surface area contributed by atoms with Gasteiger partial charge in [0.2, 0.25) is 11.8 Å². The van der Waals surface area contributed by atoms with E-state index in [4.69, 9.17) is 9.05 Å². The van der Waals surface area contributed by atoms with Crippen molar-refractivity contribution < 1.29 is 33.4 Å². The van der Waals surface area contributed by atoms with Gasteiger partial charge in [0.05, 0.1) is 0 Å². The van der Waals surface area contributed by atoms with Crippen LogP contribution in [0.1, 0.15) is 44.3 Å². The summed E-state index contributed by atoms with van der Waals surface area (Å²) in [4.78, 5) is 43.7. The van der Waals surface area contributed by atoms with Gasteiger partial charge in [-0.2, -0.15) is 20.2 Å². The van der Waals surface area contributed by atoms with E-state index in [1.165, 1.54) is 12.4 Å². The average molecular weight is 793 g/mol. The summed E-state index contributed by atoms with van der Waals surface area (Å²) >= 11 is 0. The zero-order valence-corrected chi connectivity index (χ0v) is 30.9.